The molecule has 26 heavy (non-hydrogen) atoms. The van der Waals surface area contributed by atoms with E-state index in [4.69, 9.17) is 0 Å². The molecule has 6 heteroatoms. The van der Waals surface area contributed by atoms with Crippen molar-refractivity contribution in [2.45, 2.75) is 6.54 Å². The highest BCUT2D eigenvalue weighted by molar-refractivity contribution is 5.93. The molecular formula is C20H23N5O. The van der Waals surface area contributed by atoms with Crippen molar-refractivity contribution < 1.29 is 4.79 Å². The molecule has 0 saturated carbocycles. The van der Waals surface area contributed by atoms with Crippen molar-refractivity contribution in [3.63, 3.8) is 0 Å². The summed E-state index contributed by atoms with van der Waals surface area (Å²) in [6, 6.07) is 17.3. The number of pyridine rings is 1. The van der Waals surface area contributed by atoms with Crippen molar-refractivity contribution >= 4 is 5.91 Å². The minimum Gasteiger partial charge on any atom is -0.330 e. The fourth-order valence-corrected chi connectivity index (χ4v) is 2.62. The van der Waals surface area contributed by atoms with Gasteiger partial charge in [-0.05, 0) is 32.3 Å². The van der Waals surface area contributed by atoms with E-state index in [2.05, 4.69) is 20.1 Å². The van der Waals surface area contributed by atoms with Crippen molar-refractivity contribution in [2.75, 3.05) is 27.2 Å². The van der Waals surface area contributed by atoms with Gasteiger partial charge < -0.3 is 9.80 Å². The zero-order chi connectivity index (χ0) is 18.4. The number of aromatic amines is 1. The van der Waals surface area contributed by atoms with Crippen LogP contribution < -0.4 is 0 Å². The minimum atomic E-state index is -0.0767. The van der Waals surface area contributed by atoms with E-state index in [9.17, 15) is 4.79 Å². The number of H-pyrrole nitrogens is 1. The van der Waals surface area contributed by atoms with Crippen molar-refractivity contribution in [3.05, 3.63) is 72.2 Å². The Morgan fingerprint density at radius 3 is 2.50 bits per heavy atom. The predicted octanol–water partition coefficient (Wildman–Crippen LogP) is 2.68. The first kappa shape index (κ1) is 17.8. The van der Waals surface area contributed by atoms with Gasteiger partial charge in [-0.2, -0.15) is 5.10 Å². The largest absolute Gasteiger partial charge is 0.330 e. The van der Waals surface area contributed by atoms with Crippen LogP contribution in [0.2, 0.25) is 0 Å². The summed E-state index contributed by atoms with van der Waals surface area (Å²) >= 11 is 0. The fraction of sp³-hybridized carbons (Fsp3) is 0.250. The van der Waals surface area contributed by atoms with Gasteiger partial charge in [0.05, 0.1) is 17.9 Å². The van der Waals surface area contributed by atoms with Gasteiger partial charge in [-0.3, -0.25) is 14.9 Å². The lowest BCUT2D eigenvalue weighted by atomic mass is 10.1. The number of amides is 1. The molecule has 6 nitrogen and oxygen atoms in total. The number of carbonyl (C=O) groups is 1. The Balaban J connectivity index is 1.79. The average molecular weight is 349 g/mol. The molecule has 0 unspecified atom stereocenters. The number of nitrogens with zero attached hydrogens (tertiary/aromatic N) is 4. The highest BCUT2D eigenvalue weighted by Gasteiger charge is 2.19. The van der Waals surface area contributed by atoms with Gasteiger partial charge in [0, 0.05) is 24.8 Å². The van der Waals surface area contributed by atoms with E-state index in [0.717, 1.165) is 23.5 Å². The molecule has 2 heterocycles. The quantitative estimate of drug-likeness (QED) is 0.712. The molecule has 3 rings (SSSR count). The monoisotopic (exact) mass is 349 g/mol. The van der Waals surface area contributed by atoms with E-state index in [1.54, 1.807) is 17.2 Å². The standard InChI is InChI=1S/C20H23N5O/c1-24(2)12-13-25(15-17-10-6-7-11-21-17)20(26)19-14-18(22-23-19)16-8-4-3-5-9-16/h3-11,14H,12-13,15H2,1-2H3,(H,22,23). The maximum Gasteiger partial charge on any atom is 0.272 e. The first-order chi connectivity index (χ1) is 12.6. The number of hydrogen-bond donors (Lipinski definition) is 1. The summed E-state index contributed by atoms with van der Waals surface area (Å²) < 4.78 is 0. The van der Waals surface area contributed by atoms with E-state index >= 15 is 0 Å². The number of rotatable bonds is 7. The Labute approximate surface area is 153 Å². The molecule has 0 aliphatic rings. The van der Waals surface area contributed by atoms with E-state index in [1.807, 2.05) is 62.6 Å². The molecule has 0 fully saturated rings. The van der Waals surface area contributed by atoms with Crippen LogP contribution in [0.1, 0.15) is 16.2 Å². The fourth-order valence-electron chi connectivity index (χ4n) is 2.62. The molecule has 2 aromatic heterocycles. The number of benzene rings is 1. The summed E-state index contributed by atoms with van der Waals surface area (Å²) in [6.45, 7) is 1.85. The molecule has 134 valence electrons. The molecule has 0 saturated heterocycles. The van der Waals surface area contributed by atoms with E-state index in [0.29, 0.717) is 18.8 Å². The zero-order valence-corrected chi connectivity index (χ0v) is 15.1. The van der Waals surface area contributed by atoms with Crippen molar-refractivity contribution in [1.29, 1.82) is 0 Å². The topological polar surface area (TPSA) is 65.1 Å². The van der Waals surface area contributed by atoms with Gasteiger partial charge in [-0.15, -0.1) is 0 Å². The molecule has 3 aromatic rings. The van der Waals surface area contributed by atoms with Crippen molar-refractivity contribution in [3.8, 4) is 11.3 Å². The second-order valence-corrected chi connectivity index (χ2v) is 6.38. The second-order valence-electron chi connectivity index (χ2n) is 6.38. The van der Waals surface area contributed by atoms with E-state index in [-0.39, 0.29) is 5.91 Å². The Bertz CT molecular complexity index is 830. The van der Waals surface area contributed by atoms with Gasteiger partial charge in [0.15, 0.2) is 0 Å². The van der Waals surface area contributed by atoms with Gasteiger partial charge in [0.2, 0.25) is 0 Å². The maximum absolute atomic E-state index is 13.0. The van der Waals surface area contributed by atoms with Crippen LogP contribution in [0.25, 0.3) is 11.3 Å². The van der Waals surface area contributed by atoms with Crippen molar-refractivity contribution in [2.24, 2.45) is 0 Å². The minimum absolute atomic E-state index is 0.0767. The lowest BCUT2D eigenvalue weighted by molar-refractivity contribution is 0.0724. The second kappa shape index (κ2) is 8.40. The molecule has 0 bridgehead atoms. The zero-order valence-electron chi connectivity index (χ0n) is 15.1. The average Bonchev–Trinajstić information content (AvgIpc) is 3.16. The number of carbonyl (C=O) groups excluding carboxylic acids is 1. The summed E-state index contributed by atoms with van der Waals surface area (Å²) in [6.07, 6.45) is 1.74. The third-order valence-electron chi connectivity index (χ3n) is 4.06. The van der Waals surface area contributed by atoms with Gasteiger partial charge >= 0.3 is 0 Å². The molecule has 0 aliphatic carbocycles. The Hall–Kier alpha value is -2.99. The molecule has 1 aromatic carbocycles. The molecule has 0 spiro atoms. The van der Waals surface area contributed by atoms with Crippen molar-refractivity contribution in [1.82, 2.24) is 25.0 Å². The molecular weight excluding hydrogens is 326 g/mol. The van der Waals surface area contributed by atoms with Crippen LogP contribution >= 0.6 is 0 Å². The first-order valence-electron chi connectivity index (χ1n) is 8.58. The van der Waals surface area contributed by atoms with Gasteiger partial charge in [0.25, 0.3) is 5.91 Å². The van der Waals surface area contributed by atoms with Crippen LogP contribution in [-0.2, 0) is 6.54 Å². The first-order valence-corrected chi connectivity index (χ1v) is 8.58. The van der Waals surface area contributed by atoms with Crippen LogP contribution in [0.15, 0.2) is 60.8 Å². The molecule has 1 amide bonds. The highest BCUT2D eigenvalue weighted by atomic mass is 16.2. The van der Waals surface area contributed by atoms with E-state index < -0.39 is 0 Å². The summed E-state index contributed by atoms with van der Waals surface area (Å²) in [7, 11) is 3.99. The van der Waals surface area contributed by atoms with Crippen LogP contribution in [0.3, 0.4) is 0 Å². The lowest BCUT2D eigenvalue weighted by Crippen LogP contribution is -2.36. The van der Waals surface area contributed by atoms with E-state index in [1.165, 1.54) is 0 Å². The Kier molecular flexibility index (Phi) is 5.76. The lowest BCUT2D eigenvalue weighted by Gasteiger charge is -2.23. The number of aromatic nitrogens is 3. The summed E-state index contributed by atoms with van der Waals surface area (Å²) in [4.78, 5) is 21.2. The molecule has 1 N–H and O–H groups in total. The smallest absolute Gasteiger partial charge is 0.272 e. The number of nitrogens with one attached hydrogen (secondary N) is 1. The third-order valence-corrected chi connectivity index (χ3v) is 4.06. The Morgan fingerprint density at radius 1 is 1.04 bits per heavy atom. The van der Waals surface area contributed by atoms with Crippen LogP contribution in [0, 0.1) is 0 Å². The molecule has 0 radical (unpaired) electrons. The number of likely N-dealkylation sites (N-methyl/N-ethyl adjacent to an activating group) is 1. The molecule has 0 aliphatic heterocycles. The molecule has 0 atom stereocenters. The third kappa shape index (κ3) is 4.55. The normalized spacial score (nSPS) is 10.9. The van der Waals surface area contributed by atoms with Gasteiger partial charge in [0.1, 0.15) is 5.69 Å². The van der Waals surface area contributed by atoms with Crippen LogP contribution in [0.4, 0.5) is 0 Å². The van der Waals surface area contributed by atoms with Crippen LogP contribution in [0.5, 0.6) is 0 Å². The SMILES string of the molecule is CN(C)CCN(Cc1ccccn1)C(=O)c1cc(-c2ccccc2)n[nH]1. The van der Waals surface area contributed by atoms with Gasteiger partial charge in [-0.1, -0.05) is 36.4 Å². The maximum atomic E-state index is 13.0. The summed E-state index contributed by atoms with van der Waals surface area (Å²) in [5, 5.41) is 7.18. The number of hydrogen-bond acceptors (Lipinski definition) is 4. The summed E-state index contributed by atoms with van der Waals surface area (Å²) in [5.41, 5.74) is 3.09. The van der Waals surface area contributed by atoms with Gasteiger partial charge in [-0.25, -0.2) is 0 Å². The predicted molar refractivity (Wildman–Crippen MR) is 102 cm³/mol. The Morgan fingerprint density at radius 2 is 1.81 bits per heavy atom. The summed E-state index contributed by atoms with van der Waals surface area (Å²) in [5.74, 6) is -0.0767. The van der Waals surface area contributed by atoms with Crippen LogP contribution in [-0.4, -0.2) is 58.1 Å². The highest BCUT2D eigenvalue weighted by Crippen LogP contribution is 2.18.